The Morgan fingerprint density at radius 1 is 1.53 bits per heavy atom. The highest BCUT2D eigenvalue weighted by molar-refractivity contribution is 5.82. The molecule has 2 unspecified atom stereocenters. The fourth-order valence-corrected chi connectivity index (χ4v) is 1.03. The number of hydrogen-bond acceptors (Lipinski definition) is 4. The fraction of sp³-hybridized carbons (Fsp3) is 0.900. The van der Waals surface area contributed by atoms with Crippen molar-refractivity contribution in [3.63, 3.8) is 0 Å². The van der Waals surface area contributed by atoms with Crippen LogP contribution in [0.15, 0.2) is 0 Å². The summed E-state index contributed by atoms with van der Waals surface area (Å²) in [4.78, 5) is 11.6. The molecule has 0 saturated heterocycles. The van der Waals surface area contributed by atoms with E-state index in [1.165, 1.54) is 7.11 Å². The fourth-order valence-electron chi connectivity index (χ4n) is 1.03. The van der Waals surface area contributed by atoms with E-state index in [9.17, 15) is 4.79 Å². The van der Waals surface area contributed by atoms with Crippen molar-refractivity contribution < 1.29 is 14.6 Å². The molecule has 0 aromatic heterocycles. The summed E-state index contributed by atoms with van der Waals surface area (Å²) in [7, 11) is 1.51. The van der Waals surface area contributed by atoms with Crippen LogP contribution in [0.4, 0.5) is 0 Å². The Morgan fingerprint density at radius 3 is 2.40 bits per heavy atom. The van der Waals surface area contributed by atoms with Crippen LogP contribution in [0.5, 0.6) is 0 Å². The summed E-state index contributed by atoms with van der Waals surface area (Å²) in [6.45, 7) is 5.79. The van der Waals surface area contributed by atoms with Crippen LogP contribution in [0.1, 0.15) is 20.8 Å². The number of hydrogen-bond donors (Lipinski definition) is 3. The number of ether oxygens (including phenoxy) is 1. The molecule has 15 heavy (non-hydrogen) atoms. The lowest BCUT2D eigenvalue weighted by molar-refractivity contribution is -0.126. The summed E-state index contributed by atoms with van der Waals surface area (Å²) < 4.78 is 4.85. The normalized spacial score (nSPS) is 15.9. The lowest BCUT2D eigenvalue weighted by Gasteiger charge is -2.27. The van der Waals surface area contributed by atoms with E-state index < -0.39 is 12.1 Å². The molecule has 0 fully saturated rings. The number of nitrogens with one attached hydrogen (secondary N) is 1. The van der Waals surface area contributed by atoms with E-state index in [0.29, 0.717) is 0 Å². The van der Waals surface area contributed by atoms with Gasteiger partial charge in [0, 0.05) is 7.11 Å². The van der Waals surface area contributed by atoms with Gasteiger partial charge in [-0.3, -0.25) is 4.79 Å². The van der Waals surface area contributed by atoms with Crippen LogP contribution in [-0.4, -0.2) is 43.4 Å². The van der Waals surface area contributed by atoms with E-state index >= 15 is 0 Å². The van der Waals surface area contributed by atoms with E-state index in [4.69, 9.17) is 15.6 Å². The molecular formula is C10H22N2O3. The molecule has 0 aliphatic carbocycles. The lowest BCUT2D eigenvalue weighted by atomic mass is 9.87. The number of aliphatic hydroxyl groups excluding tert-OH is 1. The Labute approximate surface area is 91.0 Å². The van der Waals surface area contributed by atoms with Crippen molar-refractivity contribution >= 4 is 5.91 Å². The average Bonchev–Trinajstić information content (AvgIpc) is 2.14. The van der Waals surface area contributed by atoms with E-state index in [0.717, 1.165) is 0 Å². The molecule has 1 amide bonds. The van der Waals surface area contributed by atoms with Crippen LogP contribution in [-0.2, 0) is 9.53 Å². The Balaban J connectivity index is 4.22. The topological polar surface area (TPSA) is 84.6 Å². The van der Waals surface area contributed by atoms with Crippen LogP contribution in [0.3, 0.4) is 0 Å². The second-order valence-electron chi connectivity index (χ2n) is 4.69. The third-order valence-corrected chi connectivity index (χ3v) is 2.15. The van der Waals surface area contributed by atoms with Crippen molar-refractivity contribution in [2.45, 2.75) is 32.9 Å². The maximum absolute atomic E-state index is 11.6. The van der Waals surface area contributed by atoms with Crippen LogP contribution >= 0.6 is 0 Å². The standard InChI is InChI=1S/C10H22N2O3/c1-10(2,3)8(11)9(14)12-7(5-13)6-15-4/h7-8,13H,5-6,11H2,1-4H3,(H,12,14). The van der Waals surface area contributed by atoms with Gasteiger partial charge >= 0.3 is 0 Å². The van der Waals surface area contributed by atoms with Gasteiger partial charge < -0.3 is 20.9 Å². The molecule has 0 aromatic rings. The zero-order valence-electron chi connectivity index (χ0n) is 9.91. The van der Waals surface area contributed by atoms with Gasteiger partial charge in [-0.25, -0.2) is 0 Å². The first kappa shape index (κ1) is 14.3. The number of methoxy groups -OCH3 is 1. The maximum Gasteiger partial charge on any atom is 0.237 e. The summed E-state index contributed by atoms with van der Waals surface area (Å²) in [6, 6.07) is -0.987. The van der Waals surface area contributed by atoms with E-state index in [2.05, 4.69) is 5.32 Å². The number of rotatable bonds is 5. The molecule has 5 nitrogen and oxygen atoms in total. The highest BCUT2D eigenvalue weighted by Gasteiger charge is 2.28. The highest BCUT2D eigenvalue weighted by Crippen LogP contribution is 2.17. The summed E-state index contributed by atoms with van der Waals surface area (Å²) in [6.07, 6.45) is 0. The van der Waals surface area contributed by atoms with Gasteiger partial charge in [-0.1, -0.05) is 20.8 Å². The second kappa shape index (κ2) is 6.05. The zero-order chi connectivity index (χ0) is 12.1. The van der Waals surface area contributed by atoms with Gasteiger partial charge in [0.05, 0.1) is 25.3 Å². The summed E-state index contributed by atoms with van der Waals surface area (Å²) in [5.41, 5.74) is 5.46. The third kappa shape index (κ3) is 5.11. The number of carbonyl (C=O) groups is 1. The van der Waals surface area contributed by atoms with Gasteiger partial charge in [0.25, 0.3) is 0 Å². The van der Waals surface area contributed by atoms with Gasteiger partial charge in [0.15, 0.2) is 0 Å². The Morgan fingerprint density at radius 2 is 2.07 bits per heavy atom. The van der Waals surface area contributed by atoms with Crippen LogP contribution in [0, 0.1) is 5.41 Å². The lowest BCUT2D eigenvalue weighted by Crippen LogP contribution is -2.53. The van der Waals surface area contributed by atoms with Crippen molar-refractivity contribution in [2.24, 2.45) is 11.1 Å². The number of aliphatic hydroxyl groups is 1. The number of carbonyl (C=O) groups excluding carboxylic acids is 1. The Hall–Kier alpha value is -0.650. The summed E-state index contributed by atoms with van der Waals surface area (Å²) in [5.74, 6) is -0.265. The molecule has 0 aromatic carbocycles. The predicted molar refractivity (Wildman–Crippen MR) is 58.3 cm³/mol. The largest absolute Gasteiger partial charge is 0.394 e. The molecule has 0 rings (SSSR count). The van der Waals surface area contributed by atoms with Crippen molar-refractivity contribution in [2.75, 3.05) is 20.3 Å². The van der Waals surface area contributed by atoms with Crippen molar-refractivity contribution in [1.82, 2.24) is 5.32 Å². The molecule has 0 saturated carbocycles. The second-order valence-corrected chi connectivity index (χ2v) is 4.69. The molecule has 0 heterocycles. The van der Waals surface area contributed by atoms with Crippen molar-refractivity contribution in [1.29, 1.82) is 0 Å². The molecule has 0 radical (unpaired) electrons. The van der Waals surface area contributed by atoms with Gasteiger partial charge in [-0.15, -0.1) is 0 Å². The van der Waals surface area contributed by atoms with E-state index in [1.807, 2.05) is 20.8 Å². The van der Waals surface area contributed by atoms with Crippen molar-refractivity contribution in [3.8, 4) is 0 Å². The molecule has 0 aliphatic rings. The quantitative estimate of drug-likeness (QED) is 0.580. The monoisotopic (exact) mass is 218 g/mol. The van der Waals surface area contributed by atoms with Gasteiger partial charge in [-0.05, 0) is 5.41 Å². The molecule has 4 N–H and O–H groups in total. The Kier molecular flexibility index (Phi) is 5.79. The minimum absolute atomic E-state index is 0.156. The van der Waals surface area contributed by atoms with Crippen LogP contribution < -0.4 is 11.1 Å². The molecule has 0 spiro atoms. The smallest absolute Gasteiger partial charge is 0.237 e. The number of nitrogens with two attached hydrogens (primary N) is 1. The summed E-state index contributed by atoms with van der Waals surface area (Å²) in [5, 5.41) is 11.6. The number of amides is 1. The maximum atomic E-state index is 11.6. The first-order valence-corrected chi connectivity index (χ1v) is 4.98. The Bertz CT molecular complexity index is 201. The van der Waals surface area contributed by atoms with Gasteiger partial charge in [0.1, 0.15) is 0 Å². The first-order chi connectivity index (χ1) is 6.82. The minimum Gasteiger partial charge on any atom is -0.394 e. The van der Waals surface area contributed by atoms with Gasteiger partial charge in [-0.2, -0.15) is 0 Å². The van der Waals surface area contributed by atoms with E-state index in [-0.39, 0.29) is 24.5 Å². The molecule has 2 atom stereocenters. The summed E-state index contributed by atoms with van der Waals surface area (Å²) >= 11 is 0. The van der Waals surface area contributed by atoms with Crippen molar-refractivity contribution in [3.05, 3.63) is 0 Å². The average molecular weight is 218 g/mol. The molecule has 5 heteroatoms. The molecular weight excluding hydrogens is 196 g/mol. The first-order valence-electron chi connectivity index (χ1n) is 4.98. The van der Waals surface area contributed by atoms with Gasteiger partial charge in [0.2, 0.25) is 5.91 Å². The molecule has 0 aliphatic heterocycles. The zero-order valence-corrected chi connectivity index (χ0v) is 9.91. The third-order valence-electron chi connectivity index (χ3n) is 2.15. The minimum atomic E-state index is -0.594. The van der Waals surface area contributed by atoms with Crippen LogP contribution in [0.2, 0.25) is 0 Å². The highest BCUT2D eigenvalue weighted by atomic mass is 16.5. The SMILES string of the molecule is COCC(CO)NC(=O)C(N)C(C)(C)C. The van der Waals surface area contributed by atoms with E-state index in [1.54, 1.807) is 0 Å². The van der Waals surface area contributed by atoms with Crippen LogP contribution in [0.25, 0.3) is 0 Å². The molecule has 0 bridgehead atoms. The molecule has 90 valence electrons. The predicted octanol–water partition coefficient (Wildman–Crippen LogP) is -0.517.